The second-order valence-corrected chi connectivity index (χ2v) is 6.69. The summed E-state index contributed by atoms with van der Waals surface area (Å²) in [5, 5.41) is 0. The standard InChI is InChI=1S/C21H21F/c22-18-11-9-17(10-12-18)21(14-4-1-5-15-21)20-13-8-16-6-2-3-7-19(16)20/h2-3,6-13,20H,1,4-5,14-15H2. The van der Waals surface area contributed by atoms with Gasteiger partial charge >= 0.3 is 0 Å². The van der Waals surface area contributed by atoms with E-state index in [1.807, 2.05) is 12.1 Å². The quantitative estimate of drug-likeness (QED) is 0.652. The second kappa shape index (κ2) is 5.39. The highest BCUT2D eigenvalue weighted by molar-refractivity contribution is 5.64. The zero-order valence-corrected chi connectivity index (χ0v) is 12.8. The molecular weight excluding hydrogens is 271 g/mol. The van der Waals surface area contributed by atoms with Crippen molar-refractivity contribution in [1.82, 2.24) is 0 Å². The largest absolute Gasteiger partial charge is 0.207 e. The third kappa shape index (κ3) is 2.11. The summed E-state index contributed by atoms with van der Waals surface area (Å²) in [6.07, 6.45) is 10.9. The van der Waals surface area contributed by atoms with Gasteiger partial charge in [0.25, 0.3) is 0 Å². The van der Waals surface area contributed by atoms with Crippen molar-refractivity contribution in [3.63, 3.8) is 0 Å². The Balaban J connectivity index is 1.82. The Kier molecular flexibility index (Phi) is 3.37. The van der Waals surface area contributed by atoms with E-state index < -0.39 is 0 Å². The van der Waals surface area contributed by atoms with Gasteiger partial charge in [0.2, 0.25) is 0 Å². The SMILES string of the molecule is Fc1ccc(C2(C3C=Cc4ccccc43)CCCCC2)cc1. The van der Waals surface area contributed by atoms with E-state index in [-0.39, 0.29) is 11.2 Å². The lowest BCUT2D eigenvalue weighted by molar-refractivity contribution is 0.268. The van der Waals surface area contributed by atoms with Crippen LogP contribution in [0.2, 0.25) is 0 Å². The topological polar surface area (TPSA) is 0 Å². The maximum absolute atomic E-state index is 13.4. The molecule has 2 aliphatic carbocycles. The van der Waals surface area contributed by atoms with Crippen molar-refractivity contribution in [1.29, 1.82) is 0 Å². The Bertz CT molecular complexity index is 690. The van der Waals surface area contributed by atoms with E-state index in [0.717, 1.165) is 0 Å². The molecule has 4 rings (SSSR count). The van der Waals surface area contributed by atoms with E-state index in [4.69, 9.17) is 0 Å². The Morgan fingerprint density at radius 1 is 0.864 bits per heavy atom. The van der Waals surface area contributed by atoms with E-state index in [9.17, 15) is 4.39 Å². The van der Waals surface area contributed by atoms with Gasteiger partial charge in [0, 0.05) is 11.3 Å². The average Bonchev–Trinajstić information content (AvgIpc) is 3.01. The molecular formula is C21H21F. The summed E-state index contributed by atoms with van der Waals surface area (Å²) in [5.41, 5.74) is 4.22. The summed E-state index contributed by atoms with van der Waals surface area (Å²) in [4.78, 5) is 0. The fourth-order valence-corrected chi connectivity index (χ4v) is 4.48. The number of benzene rings is 2. The van der Waals surface area contributed by atoms with Crippen molar-refractivity contribution in [3.05, 3.63) is 77.1 Å². The van der Waals surface area contributed by atoms with Gasteiger partial charge in [-0.15, -0.1) is 0 Å². The molecule has 0 nitrogen and oxygen atoms in total. The zero-order valence-electron chi connectivity index (χ0n) is 12.8. The first-order valence-electron chi connectivity index (χ1n) is 8.33. The number of hydrogen-bond donors (Lipinski definition) is 0. The predicted molar refractivity (Wildman–Crippen MR) is 89.4 cm³/mol. The average molecular weight is 292 g/mol. The van der Waals surface area contributed by atoms with Gasteiger partial charge in [-0.1, -0.05) is 67.8 Å². The molecule has 2 aromatic carbocycles. The molecule has 22 heavy (non-hydrogen) atoms. The van der Waals surface area contributed by atoms with Gasteiger partial charge in [0.1, 0.15) is 5.82 Å². The lowest BCUT2D eigenvalue weighted by Crippen LogP contribution is -2.34. The first kappa shape index (κ1) is 13.8. The summed E-state index contributed by atoms with van der Waals surface area (Å²) in [6.45, 7) is 0. The highest BCUT2D eigenvalue weighted by Crippen LogP contribution is 2.52. The monoisotopic (exact) mass is 292 g/mol. The highest BCUT2D eigenvalue weighted by atomic mass is 19.1. The van der Waals surface area contributed by atoms with Crippen molar-refractivity contribution >= 4 is 6.08 Å². The molecule has 1 fully saturated rings. The van der Waals surface area contributed by atoms with Gasteiger partial charge in [-0.2, -0.15) is 0 Å². The van der Waals surface area contributed by atoms with Crippen LogP contribution in [-0.4, -0.2) is 0 Å². The fraction of sp³-hybridized carbons (Fsp3) is 0.333. The molecule has 2 aromatic rings. The van der Waals surface area contributed by atoms with Crippen molar-refractivity contribution < 1.29 is 4.39 Å². The van der Waals surface area contributed by atoms with Crippen LogP contribution in [0.3, 0.4) is 0 Å². The molecule has 0 bridgehead atoms. The molecule has 1 saturated carbocycles. The minimum atomic E-state index is -0.142. The Morgan fingerprint density at radius 2 is 1.59 bits per heavy atom. The molecule has 1 atom stereocenters. The van der Waals surface area contributed by atoms with Crippen LogP contribution in [0.5, 0.6) is 0 Å². The predicted octanol–water partition coefficient (Wildman–Crippen LogP) is 5.84. The molecule has 1 heteroatoms. The molecule has 0 aromatic heterocycles. The van der Waals surface area contributed by atoms with Gasteiger partial charge in [-0.25, -0.2) is 4.39 Å². The van der Waals surface area contributed by atoms with Crippen molar-refractivity contribution in [3.8, 4) is 0 Å². The minimum absolute atomic E-state index is 0.134. The summed E-state index contributed by atoms with van der Waals surface area (Å²) in [6, 6.07) is 16.0. The maximum Gasteiger partial charge on any atom is 0.123 e. The van der Waals surface area contributed by atoms with Crippen LogP contribution in [0.1, 0.15) is 54.7 Å². The molecule has 0 aliphatic heterocycles. The second-order valence-electron chi connectivity index (χ2n) is 6.69. The normalized spacial score (nSPS) is 22.5. The molecule has 0 heterocycles. The number of hydrogen-bond acceptors (Lipinski definition) is 0. The van der Waals surface area contributed by atoms with E-state index in [1.54, 1.807) is 12.1 Å². The summed E-state index contributed by atoms with van der Waals surface area (Å²) in [7, 11) is 0. The highest BCUT2D eigenvalue weighted by Gasteiger charge is 2.42. The van der Waals surface area contributed by atoms with Crippen LogP contribution in [0.4, 0.5) is 4.39 Å². The van der Waals surface area contributed by atoms with Gasteiger partial charge in [0.15, 0.2) is 0 Å². The van der Waals surface area contributed by atoms with E-state index in [1.165, 1.54) is 48.8 Å². The molecule has 0 amide bonds. The Labute approximate surface area is 131 Å². The maximum atomic E-state index is 13.4. The van der Waals surface area contributed by atoms with Gasteiger partial charge < -0.3 is 0 Å². The number of fused-ring (bicyclic) bond motifs is 1. The minimum Gasteiger partial charge on any atom is -0.207 e. The first-order chi connectivity index (χ1) is 10.8. The smallest absolute Gasteiger partial charge is 0.123 e. The van der Waals surface area contributed by atoms with Crippen LogP contribution >= 0.6 is 0 Å². The summed E-state index contributed by atoms with van der Waals surface area (Å²) in [5.74, 6) is 0.284. The molecule has 0 spiro atoms. The third-order valence-corrected chi connectivity index (χ3v) is 5.56. The van der Waals surface area contributed by atoms with E-state index in [2.05, 4.69) is 36.4 Å². The van der Waals surface area contributed by atoms with E-state index in [0.29, 0.717) is 5.92 Å². The van der Waals surface area contributed by atoms with Crippen LogP contribution in [0.15, 0.2) is 54.6 Å². The first-order valence-corrected chi connectivity index (χ1v) is 8.33. The van der Waals surface area contributed by atoms with Gasteiger partial charge in [-0.05, 0) is 41.7 Å². The molecule has 1 unspecified atom stereocenters. The van der Waals surface area contributed by atoms with Crippen LogP contribution in [0, 0.1) is 5.82 Å². The lowest BCUT2D eigenvalue weighted by Gasteiger charge is -2.43. The van der Waals surface area contributed by atoms with Gasteiger partial charge in [0.05, 0.1) is 0 Å². The summed E-state index contributed by atoms with van der Waals surface area (Å²) >= 11 is 0. The van der Waals surface area contributed by atoms with Crippen molar-refractivity contribution in [2.45, 2.75) is 43.4 Å². The molecule has 0 N–H and O–H groups in total. The van der Waals surface area contributed by atoms with E-state index >= 15 is 0 Å². The molecule has 112 valence electrons. The fourth-order valence-electron chi connectivity index (χ4n) is 4.48. The molecule has 2 aliphatic rings. The number of rotatable bonds is 2. The zero-order chi connectivity index (χ0) is 15.0. The van der Waals surface area contributed by atoms with Crippen LogP contribution < -0.4 is 0 Å². The number of allylic oxidation sites excluding steroid dienone is 1. The summed E-state index contributed by atoms with van der Waals surface area (Å²) < 4.78 is 13.4. The molecule has 0 radical (unpaired) electrons. The van der Waals surface area contributed by atoms with Gasteiger partial charge in [-0.3, -0.25) is 0 Å². The lowest BCUT2D eigenvalue weighted by atomic mass is 9.61. The number of halogens is 1. The van der Waals surface area contributed by atoms with Crippen molar-refractivity contribution in [2.24, 2.45) is 0 Å². The Morgan fingerprint density at radius 3 is 2.36 bits per heavy atom. The third-order valence-electron chi connectivity index (χ3n) is 5.56. The Hall–Kier alpha value is -1.89. The van der Waals surface area contributed by atoms with Crippen molar-refractivity contribution in [2.75, 3.05) is 0 Å². The molecule has 0 saturated heterocycles. The van der Waals surface area contributed by atoms with Crippen LogP contribution in [0.25, 0.3) is 6.08 Å². The van der Waals surface area contributed by atoms with Crippen LogP contribution in [-0.2, 0) is 5.41 Å².